The van der Waals surface area contributed by atoms with Crippen molar-refractivity contribution in [3.63, 3.8) is 0 Å². The SMILES string of the molecule is C=CCCC1CCC(C2CCC(c3ccc(-c4ccc(-c5ccc(CC)c(F)c5F)cc4)cc3F)CC2)CC1. The normalized spacial score (nSPS) is 23.5. The summed E-state index contributed by atoms with van der Waals surface area (Å²) >= 11 is 0. The molecule has 5 rings (SSSR count). The summed E-state index contributed by atoms with van der Waals surface area (Å²) < 4.78 is 44.2. The van der Waals surface area contributed by atoms with Crippen LogP contribution in [0.1, 0.15) is 88.2 Å². The number of rotatable bonds is 8. The molecular weight excluding hydrogens is 489 g/mol. The van der Waals surface area contributed by atoms with Crippen LogP contribution in [0.5, 0.6) is 0 Å². The minimum absolute atomic E-state index is 0.133. The average Bonchev–Trinajstić information content (AvgIpc) is 2.98. The lowest BCUT2D eigenvalue weighted by Crippen LogP contribution is -2.25. The quantitative estimate of drug-likeness (QED) is 0.254. The van der Waals surface area contributed by atoms with Gasteiger partial charge in [-0.25, -0.2) is 13.2 Å². The third-order valence-electron chi connectivity index (χ3n) is 9.62. The molecule has 0 bridgehead atoms. The molecule has 0 saturated heterocycles. The molecule has 0 N–H and O–H groups in total. The molecule has 0 atom stereocenters. The first kappa shape index (κ1) is 27.7. The molecule has 0 radical (unpaired) electrons. The molecule has 0 aromatic heterocycles. The molecule has 0 unspecified atom stereocenters. The van der Waals surface area contributed by atoms with E-state index in [9.17, 15) is 8.78 Å². The molecule has 3 aromatic rings. The number of halogens is 3. The first-order chi connectivity index (χ1) is 19.0. The van der Waals surface area contributed by atoms with E-state index in [4.69, 9.17) is 0 Å². The molecule has 0 heterocycles. The van der Waals surface area contributed by atoms with E-state index in [0.717, 1.165) is 53.7 Å². The maximum Gasteiger partial charge on any atom is 0.166 e. The van der Waals surface area contributed by atoms with E-state index >= 15 is 4.39 Å². The molecule has 3 heteroatoms. The van der Waals surface area contributed by atoms with Gasteiger partial charge in [-0.3, -0.25) is 0 Å². The Morgan fingerprint density at radius 3 is 1.95 bits per heavy atom. The summed E-state index contributed by atoms with van der Waals surface area (Å²) in [4.78, 5) is 0. The Balaban J connectivity index is 1.20. The van der Waals surface area contributed by atoms with E-state index in [0.29, 0.717) is 23.5 Å². The number of aryl methyl sites for hydroxylation is 1. The van der Waals surface area contributed by atoms with Gasteiger partial charge >= 0.3 is 0 Å². The third kappa shape index (κ3) is 6.18. The molecular formula is C36H41F3. The largest absolute Gasteiger partial charge is 0.207 e. The van der Waals surface area contributed by atoms with Gasteiger partial charge in [-0.05, 0) is 115 Å². The fourth-order valence-corrected chi connectivity index (χ4v) is 7.17. The summed E-state index contributed by atoms with van der Waals surface area (Å²) in [5, 5.41) is 0. The van der Waals surface area contributed by atoms with Gasteiger partial charge < -0.3 is 0 Å². The van der Waals surface area contributed by atoms with E-state index in [2.05, 4.69) is 6.58 Å². The third-order valence-corrected chi connectivity index (χ3v) is 9.62. The second-order valence-electron chi connectivity index (χ2n) is 11.8. The summed E-state index contributed by atoms with van der Waals surface area (Å²) in [5.41, 5.74) is 3.74. The summed E-state index contributed by atoms with van der Waals surface area (Å²) in [5.74, 6) is 1.11. The first-order valence-corrected chi connectivity index (χ1v) is 15.0. The van der Waals surface area contributed by atoms with Gasteiger partial charge in [0.05, 0.1) is 0 Å². The van der Waals surface area contributed by atoms with Crippen LogP contribution < -0.4 is 0 Å². The Morgan fingerprint density at radius 2 is 1.33 bits per heavy atom. The van der Waals surface area contributed by atoms with Crippen LogP contribution in [0.3, 0.4) is 0 Å². The Hall–Kier alpha value is -2.81. The molecule has 0 aliphatic heterocycles. The first-order valence-electron chi connectivity index (χ1n) is 15.0. The van der Waals surface area contributed by atoms with Gasteiger partial charge in [-0.1, -0.05) is 74.4 Å². The van der Waals surface area contributed by atoms with Gasteiger partial charge in [-0.15, -0.1) is 6.58 Å². The Bertz CT molecular complexity index is 1260. The Morgan fingerprint density at radius 1 is 0.718 bits per heavy atom. The van der Waals surface area contributed by atoms with Crippen molar-refractivity contribution in [1.29, 1.82) is 0 Å². The van der Waals surface area contributed by atoms with Crippen LogP contribution in [0, 0.1) is 35.2 Å². The van der Waals surface area contributed by atoms with Crippen molar-refractivity contribution in [2.75, 3.05) is 0 Å². The predicted molar refractivity (Wildman–Crippen MR) is 156 cm³/mol. The zero-order chi connectivity index (χ0) is 27.4. The maximum absolute atomic E-state index is 15.3. The van der Waals surface area contributed by atoms with E-state index < -0.39 is 11.6 Å². The second-order valence-corrected chi connectivity index (χ2v) is 11.8. The molecule has 2 aliphatic carbocycles. The van der Waals surface area contributed by atoms with Gasteiger partial charge in [0.15, 0.2) is 11.6 Å². The molecule has 39 heavy (non-hydrogen) atoms. The number of benzene rings is 3. The lowest BCUT2D eigenvalue weighted by Gasteiger charge is -2.38. The van der Waals surface area contributed by atoms with E-state index in [-0.39, 0.29) is 11.4 Å². The van der Waals surface area contributed by atoms with Crippen LogP contribution in [-0.4, -0.2) is 0 Å². The van der Waals surface area contributed by atoms with Crippen molar-refractivity contribution in [3.05, 3.63) is 95.8 Å². The highest BCUT2D eigenvalue weighted by Gasteiger charge is 2.32. The number of allylic oxidation sites excluding steroid dienone is 1. The van der Waals surface area contributed by atoms with E-state index in [1.54, 1.807) is 37.3 Å². The highest BCUT2D eigenvalue weighted by atomic mass is 19.2. The summed E-state index contributed by atoms with van der Waals surface area (Å²) in [6.07, 6.45) is 15.0. The van der Waals surface area contributed by atoms with Crippen LogP contribution in [0.15, 0.2) is 67.3 Å². The predicted octanol–water partition coefficient (Wildman–Crippen LogP) is 11.0. The van der Waals surface area contributed by atoms with Gasteiger partial charge in [0.25, 0.3) is 0 Å². The monoisotopic (exact) mass is 530 g/mol. The van der Waals surface area contributed by atoms with Crippen LogP contribution in [-0.2, 0) is 6.42 Å². The van der Waals surface area contributed by atoms with Crippen LogP contribution >= 0.6 is 0 Å². The fraction of sp³-hybridized carbons (Fsp3) is 0.444. The van der Waals surface area contributed by atoms with Gasteiger partial charge in [0.1, 0.15) is 5.82 Å². The summed E-state index contributed by atoms with van der Waals surface area (Å²) in [6, 6.07) is 16.1. The fourth-order valence-electron chi connectivity index (χ4n) is 7.17. The van der Waals surface area contributed by atoms with Gasteiger partial charge in [0.2, 0.25) is 0 Å². The Kier molecular flexibility index (Phi) is 8.95. The highest BCUT2D eigenvalue weighted by molar-refractivity contribution is 5.71. The number of hydrogen-bond donors (Lipinski definition) is 0. The zero-order valence-electron chi connectivity index (χ0n) is 23.2. The maximum atomic E-state index is 15.3. The van der Waals surface area contributed by atoms with Crippen LogP contribution in [0.2, 0.25) is 0 Å². The Labute approximate surface area is 232 Å². The molecule has 0 nitrogen and oxygen atoms in total. The standard InChI is InChI=1S/C36H41F3/c1-3-5-6-24-7-9-26(10-8-24)27-11-15-29(16-12-27)32-21-20-31(23-34(32)37)28-13-17-30(18-14-28)33-22-19-25(4-2)35(38)36(33)39/h3,13-14,17-24,26-27,29H,1,4-12,15-16H2,2H3. The van der Waals surface area contributed by atoms with Crippen LogP contribution in [0.25, 0.3) is 22.3 Å². The minimum Gasteiger partial charge on any atom is -0.207 e. The van der Waals surface area contributed by atoms with E-state index in [1.807, 2.05) is 30.3 Å². The lowest BCUT2D eigenvalue weighted by atomic mass is 9.68. The van der Waals surface area contributed by atoms with Crippen molar-refractivity contribution < 1.29 is 13.2 Å². The molecule has 3 aromatic carbocycles. The highest BCUT2D eigenvalue weighted by Crippen LogP contribution is 2.45. The molecule has 2 saturated carbocycles. The molecule has 0 spiro atoms. The topological polar surface area (TPSA) is 0 Å². The van der Waals surface area contributed by atoms with Crippen molar-refractivity contribution in [2.24, 2.45) is 17.8 Å². The van der Waals surface area contributed by atoms with Gasteiger partial charge in [0, 0.05) is 5.56 Å². The van der Waals surface area contributed by atoms with Crippen LogP contribution in [0.4, 0.5) is 13.2 Å². The summed E-state index contributed by atoms with van der Waals surface area (Å²) in [6.45, 7) is 5.67. The molecule has 0 amide bonds. The van der Waals surface area contributed by atoms with Crippen molar-refractivity contribution in [1.82, 2.24) is 0 Å². The zero-order valence-corrected chi connectivity index (χ0v) is 23.2. The van der Waals surface area contributed by atoms with Crippen molar-refractivity contribution in [3.8, 4) is 22.3 Å². The number of hydrogen-bond acceptors (Lipinski definition) is 0. The minimum atomic E-state index is -0.816. The molecule has 2 fully saturated rings. The summed E-state index contributed by atoms with van der Waals surface area (Å²) in [7, 11) is 0. The van der Waals surface area contributed by atoms with Crippen molar-refractivity contribution in [2.45, 2.75) is 83.5 Å². The van der Waals surface area contributed by atoms with Crippen molar-refractivity contribution >= 4 is 0 Å². The second kappa shape index (κ2) is 12.6. The van der Waals surface area contributed by atoms with E-state index in [1.165, 1.54) is 44.9 Å². The molecule has 206 valence electrons. The average molecular weight is 531 g/mol. The lowest BCUT2D eigenvalue weighted by molar-refractivity contribution is 0.156. The molecule has 2 aliphatic rings. The van der Waals surface area contributed by atoms with Gasteiger partial charge in [-0.2, -0.15) is 0 Å². The smallest absolute Gasteiger partial charge is 0.166 e.